The fourth-order valence-corrected chi connectivity index (χ4v) is 3.91. The van der Waals surface area contributed by atoms with Gasteiger partial charge in [-0.05, 0) is 24.3 Å². The van der Waals surface area contributed by atoms with Gasteiger partial charge in [-0.25, -0.2) is 23.5 Å². The van der Waals surface area contributed by atoms with Gasteiger partial charge >= 0.3 is 12.1 Å². The van der Waals surface area contributed by atoms with Gasteiger partial charge in [0.1, 0.15) is 11.3 Å². The van der Waals surface area contributed by atoms with E-state index in [1.807, 2.05) is 0 Å². The number of esters is 1. The number of halogens is 5. The van der Waals surface area contributed by atoms with Gasteiger partial charge in [0.25, 0.3) is 17.7 Å². The molecule has 0 saturated carbocycles. The van der Waals surface area contributed by atoms with Gasteiger partial charge in [0.2, 0.25) is 0 Å². The molecule has 0 spiro atoms. The molecule has 0 N–H and O–H groups in total. The van der Waals surface area contributed by atoms with Gasteiger partial charge in [-0.2, -0.15) is 13.2 Å². The van der Waals surface area contributed by atoms with Crippen LogP contribution in [0.15, 0.2) is 60.9 Å². The molecular weight excluding hydrogens is 503 g/mol. The first kappa shape index (κ1) is 24.4. The molecule has 1 aliphatic heterocycles. The number of piperidine rings is 1. The minimum atomic E-state index is -5.34. The predicted molar refractivity (Wildman–Crippen MR) is 119 cm³/mol. The third-order valence-electron chi connectivity index (χ3n) is 5.79. The van der Waals surface area contributed by atoms with E-state index in [2.05, 4.69) is 14.7 Å². The first-order valence-electron chi connectivity index (χ1n) is 11.0. The fourth-order valence-electron chi connectivity index (χ4n) is 3.91. The third kappa shape index (κ3) is 4.88. The first-order chi connectivity index (χ1) is 17.5. The Morgan fingerprint density at radius 2 is 1.81 bits per heavy atom. The van der Waals surface area contributed by atoms with E-state index in [9.17, 15) is 31.5 Å². The zero-order valence-electron chi connectivity index (χ0n) is 18.8. The SMILES string of the molecule is O=C(c1cn2ccccc2n1)N1CCC(F)(F)[C@@H](Oc2nc3ccccc3cc2OC(=O)C(F)(F)F)C1. The maximum Gasteiger partial charge on any atom is 0.491 e. The molecule has 8 nitrogen and oxygen atoms in total. The Kier molecular flexibility index (Phi) is 5.92. The van der Waals surface area contributed by atoms with Crippen molar-refractivity contribution in [3.63, 3.8) is 0 Å². The zero-order valence-corrected chi connectivity index (χ0v) is 18.8. The number of hydrogen-bond donors (Lipinski definition) is 0. The van der Waals surface area contributed by atoms with Crippen LogP contribution in [0.4, 0.5) is 22.0 Å². The molecule has 0 bridgehead atoms. The number of hydrogen-bond acceptors (Lipinski definition) is 6. The second-order valence-electron chi connectivity index (χ2n) is 8.33. The Morgan fingerprint density at radius 1 is 1.05 bits per heavy atom. The van der Waals surface area contributed by atoms with Crippen LogP contribution in [-0.4, -0.2) is 62.4 Å². The Bertz CT molecular complexity index is 1470. The van der Waals surface area contributed by atoms with E-state index < -0.39 is 54.7 Å². The fraction of sp³-hybridized carbons (Fsp3) is 0.250. The van der Waals surface area contributed by atoms with E-state index in [0.717, 1.165) is 11.0 Å². The molecule has 1 aromatic carbocycles. The number of aromatic nitrogens is 3. The average Bonchev–Trinajstić information content (AvgIpc) is 3.29. The molecule has 4 aromatic rings. The summed E-state index contributed by atoms with van der Waals surface area (Å²) in [4.78, 5) is 33.8. The van der Waals surface area contributed by atoms with Crippen molar-refractivity contribution in [1.29, 1.82) is 0 Å². The van der Waals surface area contributed by atoms with Crippen molar-refractivity contribution in [2.24, 2.45) is 0 Å². The standard InChI is InChI=1S/C24H17F5N4O4/c25-23(26)8-10-33(21(34)16-12-32-9-4-3-7-19(32)30-16)13-18(23)37-20-17(36-22(35)24(27,28)29)11-14-5-1-2-6-15(14)31-20/h1-7,9,11-12,18H,8,10,13H2/t18-/m0/s1. The van der Waals surface area contributed by atoms with Crippen LogP contribution >= 0.6 is 0 Å². The quantitative estimate of drug-likeness (QED) is 0.295. The van der Waals surface area contributed by atoms with Crippen molar-refractivity contribution >= 4 is 28.4 Å². The van der Waals surface area contributed by atoms with Crippen LogP contribution < -0.4 is 9.47 Å². The van der Waals surface area contributed by atoms with Crippen LogP contribution in [0.3, 0.4) is 0 Å². The number of rotatable bonds is 4. The van der Waals surface area contributed by atoms with Gasteiger partial charge in [0.15, 0.2) is 11.9 Å². The highest BCUT2D eigenvalue weighted by molar-refractivity contribution is 5.93. The number of carbonyl (C=O) groups is 2. The van der Waals surface area contributed by atoms with Crippen molar-refractivity contribution < 1.29 is 41.0 Å². The molecule has 1 atom stereocenters. The minimum Gasteiger partial charge on any atom is -0.463 e. The number of fused-ring (bicyclic) bond motifs is 2. The first-order valence-corrected chi connectivity index (χ1v) is 11.0. The predicted octanol–water partition coefficient (Wildman–Crippen LogP) is 4.28. The smallest absolute Gasteiger partial charge is 0.463 e. The van der Waals surface area contributed by atoms with Gasteiger partial charge in [-0.3, -0.25) is 4.79 Å². The van der Waals surface area contributed by atoms with Crippen LogP contribution in [-0.2, 0) is 4.79 Å². The number of para-hydroxylation sites is 1. The second-order valence-corrected chi connectivity index (χ2v) is 8.33. The number of ether oxygens (including phenoxy) is 2. The van der Waals surface area contributed by atoms with Crippen molar-refractivity contribution in [3.05, 3.63) is 66.6 Å². The number of benzene rings is 1. The number of imidazole rings is 1. The van der Waals surface area contributed by atoms with Crippen LogP contribution in [0.25, 0.3) is 16.6 Å². The van der Waals surface area contributed by atoms with Gasteiger partial charge in [-0.1, -0.05) is 24.3 Å². The highest BCUT2D eigenvalue weighted by Crippen LogP contribution is 2.37. The molecule has 13 heteroatoms. The lowest BCUT2D eigenvalue weighted by molar-refractivity contribution is -0.190. The molecular formula is C24H17F5N4O4. The van der Waals surface area contributed by atoms with E-state index in [1.165, 1.54) is 18.3 Å². The summed E-state index contributed by atoms with van der Waals surface area (Å²) < 4.78 is 79.6. The lowest BCUT2D eigenvalue weighted by Gasteiger charge is -2.37. The van der Waals surface area contributed by atoms with Crippen LogP contribution in [0.1, 0.15) is 16.9 Å². The van der Waals surface area contributed by atoms with E-state index in [0.29, 0.717) is 11.0 Å². The number of carbonyl (C=O) groups excluding carboxylic acids is 2. The largest absolute Gasteiger partial charge is 0.491 e. The molecule has 1 aliphatic rings. The Hall–Kier alpha value is -4.29. The number of amides is 1. The van der Waals surface area contributed by atoms with E-state index in [4.69, 9.17) is 4.74 Å². The van der Waals surface area contributed by atoms with Gasteiger partial charge < -0.3 is 18.8 Å². The maximum atomic E-state index is 14.9. The molecule has 4 heterocycles. The van der Waals surface area contributed by atoms with Crippen LogP contribution in [0.5, 0.6) is 11.6 Å². The molecule has 1 amide bonds. The monoisotopic (exact) mass is 520 g/mol. The molecule has 5 rings (SSSR count). The highest BCUT2D eigenvalue weighted by Gasteiger charge is 2.48. The zero-order chi connectivity index (χ0) is 26.4. The summed E-state index contributed by atoms with van der Waals surface area (Å²) in [7, 11) is 0. The molecule has 3 aromatic heterocycles. The summed E-state index contributed by atoms with van der Waals surface area (Å²) in [5.74, 6) is -8.16. The van der Waals surface area contributed by atoms with Crippen molar-refractivity contribution in [1.82, 2.24) is 19.3 Å². The van der Waals surface area contributed by atoms with E-state index in [1.54, 1.807) is 40.9 Å². The molecule has 0 unspecified atom stereocenters. The summed E-state index contributed by atoms with van der Waals surface area (Å²) in [6.45, 7) is -0.915. The summed E-state index contributed by atoms with van der Waals surface area (Å²) in [5.41, 5.74) is 0.720. The number of alkyl halides is 5. The molecule has 1 fully saturated rings. The maximum absolute atomic E-state index is 14.9. The third-order valence-corrected chi connectivity index (χ3v) is 5.79. The van der Waals surface area contributed by atoms with Gasteiger partial charge in [-0.15, -0.1) is 0 Å². The Labute approximate surface area is 205 Å². The summed E-state index contributed by atoms with van der Waals surface area (Å²) in [6, 6.07) is 12.3. The minimum absolute atomic E-state index is 0.0267. The Morgan fingerprint density at radius 3 is 2.57 bits per heavy atom. The summed E-state index contributed by atoms with van der Waals surface area (Å²) in [6.07, 6.45) is -4.97. The highest BCUT2D eigenvalue weighted by atomic mass is 19.4. The molecule has 0 radical (unpaired) electrons. The van der Waals surface area contributed by atoms with E-state index in [-0.39, 0.29) is 17.8 Å². The van der Waals surface area contributed by atoms with Crippen LogP contribution in [0.2, 0.25) is 0 Å². The lowest BCUT2D eigenvalue weighted by atomic mass is 10.0. The van der Waals surface area contributed by atoms with Crippen LogP contribution in [0, 0.1) is 0 Å². The normalized spacial score (nSPS) is 17.6. The molecule has 192 valence electrons. The van der Waals surface area contributed by atoms with Gasteiger partial charge in [0, 0.05) is 30.7 Å². The molecule has 0 aliphatic carbocycles. The number of nitrogens with zero attached hydrogens (tertiary/aromatic N) is 4. The average molecular weight is 520 g/mol. The second kappa shape index (κ2) is 8.98. The topological polar surface area (TPSA) is 86.0 Å². The van der Waals surface area contributed by atoms with Crippen molar-refractivity contribution in [2.45, 2.75) is 24.6 Å². The summed E-state index contributed by atoms with van der Waals surface area (Å²) in [5, 5.41) is 0.291. The lowest BCUT2D eigenvalue weighted by Crippen LogP contribution is -2.55. The van der Waals surface area contributed by atoms with Gasteiger partial charge in [0.05, 0.1) is 12.1 Å². The Balaban J connectivity index is 1.44. The van der Waals surface area contributed by atoms with Crippen molar-refractivity contribution in [2.75, 3.05) is 13.1 Å². The van der Waals surface area contributed by atoms with Crippen molar-refractivity contribution in [3.8, 4) is 11.6 Å². The molecule has 37 heavy (non-hydrogen) atoms. The number of likely N-dealkylation sites (tertiary alicyclic amines) is 1. The number of pyridine rings is 2. The molecule has 1 saturated heterocycles. The van der Waals surface area contributed by atoms with E-state index >= 15 is 0 Å². The summed E-state index contributed by atoms with van der Waals surface area (Å²) >= 11 is 0.